The van der Waals surface area contributed by atoms with Gasteiger partial charge in [-0.3, -0.25) is 4.79 Å². The molecule has 0 unspecified atom stereocenters. The molecular weight excluding hydrogens is 311 g/mol. The standard InChI is InChI=1S/4C2H4O2.Cu.Na/c4*1-2(3)4;;/h4*1H3,(H,3,4);;/q;;;;+2;+1/p-3. The van der Waals surface area contributed by atoms with Crippen LogP contribution in [-0.2, 0) is 36.2 Å². The van der Waals surface area contributed by atoms with Crippen molar-refractivity contribution in [2.24, 2.45) is 0 Å². The molecule has 1 N–H and O–H groups in total. The molecule has 8 nitrogen and oxygen atoms in total. The van der Waals surface area contributed by atoms with Crippen molar-refractivity contribution in [1.82, 2.24) is 0 Å². The zero-order valence-electron chi connectivity index (χ0n) is 10.6. The molecule has 0 atom stereocenters. The second-order valence-corrected chi connectivity index (χ2v) is 1.99. The van der Waals surface area contributed by atoms with Crippen LogP contribution in [0.1, 0.15) is 27.7 Å². The average Bonchev–Trinajstić information content (AvgIpc) is 1.76. The van der Waals surface area contributed by atoms with Gasteiger partial charge >= 0.3 is 46.6 Å². The van der Waals surface area contributed by atoms with Gasteiger partial charge in [0.1, 0.15) is 0 Å². The molecule has 0 saturated heterocycles. The first kappa shape index (κ1) is 36.0. The minimum absolute atomic E-state index is 0. The van der Waals surface area contributed by atoms with Crippen LogP contribution in [0.5, 0.6) is 0 Å². The van der Waals surface area contributed by atoms with Gasteiger partial charge in [0.05, 0.1) is 0 Å². The van der Waals surface area contributed by atoms with Gasteiger partial charge < -0.3 is 34.8 Å². The quantitative estimate of drug-likeness (QED) is 0.431. The summed E-state index contributed by atoms with van der Waals surface area (Å²) >= 11 is 0. The minimum Gasteiger partial charge on any atom is -0.550 e. The van der Waals surface area contributed by atoms with Crippen molar-refractivity contribution in [2.45, 2.75) is 27.7 Å². The molecule has 0 aliphatic heterocycles. The summed E-state index contributed by atoms with van der Waals surface area (Å²) in [5, 5.41) is 34.1. The van der Waals surface area contributed by atoms with E-state index < -0.39 is 23.9 Å². The van der Waals surface area contributed by atoms with E-state index >= 15 is 0 Å². The topological polar surface area (TPSA) is 158 Å². The van der Waals surface area contributed by atoms with Crippen LogP contribution >= 0.6 is 0 Å². The molecule has 0 saturated carbocycles. The van der Waals surface area contributed by atoms with Crippen LogP contribution in [0.4, 0.5) is 0 Å². The van der Waals surface area contributed by atoms with Gasteiger partial charge in [0, 0.05) is 24.8 Å². The Labute approximate surface area is 137 Å². The third-order valence-electron chi connectivity index (χ3n) is 0. The summed E-state index contributed by atoms with van der Waals surface area (Å²) < 4.78 is 0. The molecule has 0 amide bonds. The molecular formula is C8H13CuNaO8. The van der Waals surface area contributed by atoms with E-state index in [2.05, 4.69) is 0 Å². The van der Waals surface area contributed by atoms with E-state index in [1.54, 1.807) is 0 Å². The normalized spacial score (nSPS) is 5.56. The number of hydrogen-bond acceptors (Lipinski definition) is 7. The van der Waals surface area contributed by atoms with Crippen molar-refractivity contribution in [2.75, 3.05) is 0 Å². The van der Waals surface area contributed by atoms with Crippen LogP contribution in [-0.4, -0.2) is 29.0 Å². The Morgan fingerprint density at radius 3 is 0.722 bits per heavy atom. The molecule has 1 radical (unpaired) electrons. The van der Waals surface area contributed by atoms with Crippen molar-refractivity contribution < 1.29 is 86.2 Å². The zero-order valence-corrected chi connectivity index (χ0v) is 13.5. The summed E-state index contributed by atoms with van der Waals surface area (Å²) in [6.45, 7) is 4.00. The number of carbonyl (C=O) groups is 4. The van der Waals surface area contributed by atoms with E-state index in [-0.39, 0.29) is 46.6 Å². The van der Waals surface area contributed by atoms with Gasteiger partial charge in [-0.25, -0.2) is 0 Å². The fourth-order valence-electron chi connectivity index (χ4n) is 0. The predicted octanol–water partition coefficient (Wildman–Crippen LogP) is -6.64. The SMILES string of the molecule is CC(=O)O.CC(=O)[O-].CC(=O)[O-].CC(=O)[O-].[Cu+2].[Na+]. The van der Waals surface area contributed by atoms with E-state index in [0.717, 1.165) is 27.7 Å². The summed E-state index contributed by atoms with van der Waals surface area (Å²) in [4.78, 5) is 35.7. The van der Waals surface area contributed by atoms with Gasteiger partial charge in [0.15, 0.2) is 0 Å². The fourth-order valence-corrected chi connectivity index (χ4v) is 0. The molecule has 0 spiro atoms. The Morgan fingerprint density at radius 1 is 0.722 bits per heavy atom. The number of hydrogen-bond donors (Lipinski definition) is 1. The van der Waals surface area contributed by atoms with Gasteiger partial charge in [-0.15, -0.1) is 0 Å². The Balaban J connectivity index is -0.0000000257. The molecule has 0 rings (SSSR count). The second-order valence-electron chi connectivity index (χ2n) is 1.99. The number of carboxylic acids is 4. The number of rotatable bonds is 0. The Kier molecular flexibility index (Phi) is 59.9. The fraction of sp³-hybridized carbons (Fsp3) is 0.500. The van der Waals surface area contributed by atoms with E-state index in [0.29, 0.717) is 0 Å². The Bertz CT molecular complexity index is 167. The zero-order chi connectivity index (χ0) is 14.3. The number of aliphatic carboxylic acids is 4. The Hall–Kier alpha value is -0.601. The monoisotopic (exact) mass is 323 g/mol. The third-order valence-corrected chi connectivity index (χ3v) is 0. The maximum atomic E-state index is 9.00. The third kappa shape index (κ3) is 8850. The molecule has 10 heteroatoms. The largest absolute Gasteiger partial charge is 2.00 e. The van der Waals surface area contributed by atoms with Crippen LogP contribution in [0, 0.1) is 0 Å². The molecule has 0 aromatic heterocycles. The predicted molar refractivity (Wildman–Crippen MR) is 45.4 cm³/mol. The maximum absolute atomic E-state index is 9.00. The van der Waals surface area contributed by atoms with Crippen LogP contribution in [0.2, 0.25) is 0 Å². The number of carboxylic acid groups (broad SMARTS) is 4. The first-order valence-corrected chi connectivity index (χ1v) is 3.65. The average molecular weight is 324 g/mol. The van der Waals surface area contributed by atoms with Crippen molar-refractivity contribution in [3.8, 4) is 0 Å². The van der Waals surface area contributed by atoms with Crippen molar-refractivity contribution in [1.29, 1.82) is 0 Å². The number of carbonyl (C=O) groups excluding carboxylic acids is 3. The van der Waals surface area contributed by atoms with E-state index in [1.165, 1.54) is 0 Å². The molecule has 105 valence electrons. The molecule has 0 aliphatic rings. The smallest absolute Gasteiger partial charge is 0.550 e. The van der Waals surface area contributed by atoms with E-state index in [1.807, 2.05) is 0 Å². The molecule has 0 heterocycles. The van der Waals surface area contributed by atoms with Gasteiger partial charge in [0.2, 0.25) is 0 Å². The molecule has 0 fully saturated rings. The second kappa shape index (κ2) is 29.9. The van der Waals surface area contributed by atoms with Gasteiger partial charge in [-0.05, 0) is 20.8 Å². The maximum Gasteiger partial charge on any atom is 2.00 e. The summed E-state index contributed by atoms with van der Waals surface area (Å²) in [7, 11) is 0. The summed E-state index contributed by atoms with van der Waals surface area (Å²) in [5.41, 5.74) is 0. The van der Waals surface area contributed by atoms with Crippen LogP contribution in [0.25, 0.3) is 0 Å². The van der Waals surface area contributed by atoms with E-state index in [4.69, 9.17) is 39.6 Å². The summed E-state index contributed by atoms with van der Waals surface area (Å²) in [5.74, 6) is -4.08. The first-order chi connectivity index (χ1) is 6.93. The molecule has 0 aromatic carbocycles. The van der Waals surface area contributed by atoms with Crippen LogP contribution in [0.3, 0.4) is 0 Å². The van der Waals surface area contributed by atoms with Crippen molar-refractivity contribution in [3.05, 3.63) is 0 Å². The molecule has 18 heavy (non-hydrogen) atoms. The van der Waals surface area contributed by atoms with Crippen LogP contribution in [0.15, 0.2) is 0 Å². The van der Waals surface area contributed by atoms with Gasteiger partial charge in [-0.1, -0.05) is 0 Å². The van der Waals surface area contributed by atoms with Crippen molar-refractivity contribution >= 4 is 23.9 Å². The molecule has 0 bridgehead atoms. The van der Waals surface area contributed by atoms with Gasteiger partial charge in [-0.2, -0.15) is 0 Å². The van der Waals surface area contributed by atoms with Gasteiger partial charge in [0.25, 0.3) is 5.97 Å². The summed E-state index contributed by atoms with van der Waals surface area (Å²) in [6, 6.07) is 0. The summed E-state index contributed by atoms with van der Waals surface area (Å²) in [6.07, 6.45) is 0. The van der Waals surface area contributed by atoms with E-state index in [9.17, 15) is 0 Å². The van der Waals surface area contributed by atoms with Crippen molar-refractivity contribution in [3.63, 3.8) is 0 Å². The Morgan fingerprint density at radius 2 is 0.722 bits per heavy atom. The van der Waals surface area contributed by atoms with Crippen LogP contribution < -0.4 is 44.9 Å². The first-order valence-electron chi connectivity index (χ1n) is 3.65. The minimum atomic E-state index is -1.08. The molecule has 0 aromatic rings. The molecule has 0 aliphatic carbocycles.